The first-order valence-electron chi connectivity index (χ1n) is 11.6. The van der Waals surface area contributed by atoms with Crippen LogP contribution in [-0.4, -0.2) is 24.4 Å². The zero-order valence-corrected chi connectivity index (χ0v) is 17.5. The molecule has 1 saturated heterocycles. The molecular formula is C25H38O2. The number of aliphatic hydroxyl groups is 1. The molecule has 150 valence electrons. The Labute approximate surface area is 165 Å². The second kappa shape index (κ2) is 6.46. The summed E-state index contributed by atoms with van der Waals surface area (Å²) in [5.41, 5.74) is 4.17. The minimum absolute atomic E-state index is 0.102. The summed E-state index contributed by atoms with van der Waals surface area (Å²) in [4.78, 5) is 0. The van der Waals surface area contributed by atoms with Gasteiger partial charge < -0.3 is 9.84 Å². The topological polar surface area (TPSA) is 29.5 Å². The summed E-state index contributed by atoms with van der Waals surface area (Å²) >= 11 is 0. The molecule has 5 rings (SSSR count). The first-order chi connectivity index (χ1) is 12.9. The Kier molecular flexibility index (Phi) is 4.41. The molecule has 7 atom stereocenters. The van der Waals surface area contributed by atoms with E-state index in [9.17, 15) is 5.11 Å². The molecule has 5 aliphatic rings. The summed E-state index contributed by atoms with van der Waals surface area (Å²) in [6.45, 7) is 9.54. The van der Waals surface area contributed by atoms with E-state index < -0.39 is 0 Å². The van der Waals surface area contributed by atoms with Crippen LogP contribution in [0, 0.1) is 40.4 Å². The highest BCUT2D eigenvalue weighted by Crippen LogP contribution is 2.67. The van der Waals surface area contributed by atoms with Gasteiger partial charge in [-0.1, -0.05) is 44.1 Å². The van der Waals surface area contributed by atoms with Gasteiger partial charge in [0.1, 0.15) is 0 Å². The molecule has 2 heteroatoms. The van der Waals surface area contributed by atoms with Gasteiger partial charge in [-0.3, -0.25) is 0 Å². The van der Waals surface area contributed by atoms with Gasteiger partial charge in [0.2, 0.25) is 0 Å². The van der Waals surface area contributed by atoms with E-state index in [1.165, 1.54) is 38.5 Å². The molecule has 2 saturated carbocycles. The van der Waals surface area contributed by atoms with Crippen LogP contribution in [0.2, 0.25) is 0 Å². The molecule has 0 amide bonds. The predicted octanol–water partition coefficient (Wildman–Crippen LogP) is 5.52. The molecule has 2 unspecified atom stereocenters. The van der Waals surface area contributed by atoms with Crippen LogP contribution in [0.3, 0.4) is 0 Å². The number of aliphatic hydroxyl groups excluding tert-OH is 1. The molecule has 1 N–H and O–H groups in total. The van der Waals surface area contributed by atoms with Crippen LogP contribution in [0.15, 0.2) is 23.3 Å². The molecule has 0 aromatic heterocycles. The third-order valence-corrected chi connectivity index (χ3v) is 9.71. The maximum Gasteiger partial charge on any atom is 0.0577 e. The van der Waals surface area contributed by atoms with Gasteiger partial charge in [0.15, 0.2) is 0 Å². The third kappa shape index (κ3) is 2.65. The number of hydrogen-bond acceptors (Lipinski definition) is 2. The summed E-state index contributed by atoms with van der Waals surface area (Å²) in [5, 5.41) is 10.3. The highest BCUT2D eigenvalue weighted by atomic mass is 16.5. The van der Waals surface area contributed by atoms with Crippen LogP contribution in [-0.2, 0) is 4.74 Å². The maximum atomic E-state index is 10.3. The molecular weight excluding hydrogens is 332 g/mol. The summed E-state index contributed by atoms with van der Waals surface area (Å²) in [7, 11) is 0. The predicted molar refractivity (Wildman–Crippen MR) is 109 cm³/mol. The number of rotatable bonds is 1. The Hall–Kier alpha value is -0.600. The van der Waals surface area contributed by atoms with E-state index in [1.54, 1.807) is 11.1 Å². The molecule has 4 aliphatic carbocycles. The zero-order chi connectivity index (χ0) is 18.8. The van der Waals surface area contributed by atoms with E-state index in [0.717, 1.165) is 49.7 Å². The number of allylic oxidation sites excluding steroid dienone is 3. The van der Waals surface area contributed by atoms with Gasteiger partial charge in [0.25, 0.3) is 0 Å². The monoisotopic (exact) mass is 370 g/mol. The van der Waals surface area contributed by atoms with Crippen molar-refractivity contribution in [3.8, 4) is 0 Å². The molecule has 2 nitrogen and oxygen atoms in total. The van der Waals surface area contributed by atoms with Crippen LogP contribution in [0.1, 0.15) is 72.1 Å². The Morgan fingerprint density at radius 3 is 2.52 bits per heavy atom. The minimum atomic E-state index is -0.102. The first-order valence-corrected chi connectivity index (χ1v) is 11.6. The summed E-state index contributed by atoms with van der Waals surface area (Å²) in [5.74, 6) is 3.90. The van der Waals surface area contributed by atoms with Gasteiger partial charge in [0.05, 0.1) is 6.10 Å². The Morgan fingerprint density at radius 2 is 1.74 bits per heavy atom. The lowest BCUT2D eigenvalue weighted by molar-refractivity contribution is -0.0519. The molecule has 0 aromatic rings. The largest absolute Gasteiger partial charge is 0.393 e. The standard InChI is InChI=1S/C25H38O2/c1-16-14-18-15-19(26)6-10-24(18,2)22-7-11-25(3)20(4-5-21(25)23(16)22)17-8-12-27-13-9-17/h4,14,16-17,19,21-23,26H,5-13,15H2,1-3H3/t16?,19?,21-,22+,23-,24-,25+/m0/s1. The van der Waals surface area contributed by atoms with Crippen LogP contribution in [0.25, 0.3) is 0 Å². The smallest absolute Gasteiger partial charge is 0.0577 e. The van der Waals surface area contributed by atoms with Crippen molar-refractivity contribution in [2.45, 2.75) is 78.2 Å². The van der Waals surface area contributed by atoms with Gasteiger partial charge in [0, 0.05) is 13.2 Å². The number of ether oxygens (including phenoxy) is 1. The maximum absolute atomic E-state index is 10.3. The van der Waals surface area contributed by atoms with E-state index in [-0.39, 0.29) is 6.10 Å². The minimum Gasteiger partial charge on any atom is -0.393 e. The lowest BCUT2D eigenvalue weighted by atomic mass is 9.45. The molecule has 1 aliphatic heterocycles. The van der Waals surface area contributed by atoms with Crippen LogP contribution >= 0.6 is 0 Å². The van der Waals surface area contributed by atoms with Crippen molar-refractivity contribution in [2.24, 2.45) is 40.4 Å². The van der Waals surface area contributed by atoms with Crippen molar-refractivity contribution in [3.05, 3.63) is 23.3 Å². The van der Waals surface area contributed by atoms with E-state index in [1.807, 2.05) is 0 Å². The molecule has 27 heavy (non-hydrogen) atoms. The van der Waals surface area contributed by atoms with Crippen molar-refractivity contribution in [1.29, 1.82) is 0 Å². The molecule has 3 fully saturated rings. The Bertz CT molecular complexity index is 657. The summed E-state index contributed by atoms with van der Waals surface area (Å²) in [6, 6.07) is 0. The highest BCUT2D eigenvalue weighted by molar-refractivity contribution is 5.32. The van der Waals surface area contributed by atoms with Gasteiger partial charge in [-0.15, -0.1) is 0 Å². The molecule has 0 radical (unpaired) electrons. The van der Waals surface area contributed by atoms with Crippen molar-refractivity contribution in [2.75, 3.05) is 13.2 Å². The third-order valence-electron chi connectivity index (χ3n) is 9.71. The first kappa shape index (κ1) is 18.4. The van der Waals surface area contributed by atoms with Gasteiger partial charge in [-0.2, -0.15) is 0 Å². The number of fused-ring (bicyclic) bond motifs is 5. The zero-order valence-electron chi connectivity index (χ0n) is 17.5. The normalized spacial score (nSPS) is 50.3. The average molecular weight is 371 g/mol. The lowest BCUT2D eigenvalue weighted by Gasteiger charge is -2.60. The van der Waals surface area contributed by atoms with Gasteiger partial charge in [-0.05, 0) is 91.8 Å². The van der Waals surface area contributed by atoms with Crippen LogP contribution in [0.5, 0.6) is 0 Å². The van der Waals surface area contributed by atoms with Crippen LogP contribution < -0.4 is 0 Å². The van der Waals surface area contributed by atoms with Crippen molar-refractivity contribution >= 4 is 0 Å². The number of hydrogen-bond donors (Lipinski definition) is 1. The van der Waals surface area contributed by atoms with Crippen molar-refractivity contribution in [1.82, 2.24) is 0 Å². The molecule has 0 spiro atoms. The van der Waals surface area contributed by atoms with E-state index in [0.29, 0.717) is 16.7 Å². The van der Waals surface area contributed by atoms with E-state index in [2.05, 4.69) is 32.9 Å². The Morgan fingerprint density at radius 1 is 1.00 bits per heavy atom. The average Bonchev–Trinajstić information content (AvgIpc) is 3.01. The fourth-order valence-corrected chi connectivity index (χ4v) is 8.25. The van der Waals surface area contributed by atoms with Gasteiger partial charge in [-0.25, -0.2) is 0 Å². The van der Waals surface area contributed by atoms with Crippen molar-refractivity contribution in [3.63, 3.8) is 0 Å². The quantitative estimate of drug-likeness (QED) is 0.616. The Balaban J connectivity index is 1.46. The summed E-state index contributed by atoms with van der Waals surface area (Å²) < 4.78 is 5.66. The molecule has 0 bridgehead atoms. The van der Waals surface area contributed by atoms with E-state index >= 15 is 0 Å². The second-order valence-electron chi connectivity index (χ2n) is 10.9. The SMILES string of the molecule is CC1C=C2CC(O)CC[C@]2(C)[C@@H]2CC[C@]3(C)C(C4CCOCC4)=CC[C@H]3[C@H]12. The van der Waals surface area contributed by atoms with Crippen LogP contribution in [0.4, 0.5) is 0 Å². The highest BCUT2D eigenvalue weighted by Gasteiger charge is 2.58. The lowest BCUT2D eigenvalue weighted by Crippen LogP contribution is -2.52. The van der Waals surface area contributed by atoms with E-state index in [4.69, 9.17) is 4.74 Å². The second-order valence-corrected chi connectivity index (χ2v) is 10.9. The fraction of sp³-hybridized carbons (Fsp3) is 0.840. The molecule has 1 heterocycles. The van der Waals surface area contributed by atoms with Gasteiger partial charge >= 0.3 is 0 Å². The van der Waals surface area contributed by atoms with Crippen molar-refractivity contribution < 1.29 is 9.84 Å². The fourth-order valence-electron chi connectivity index (χ4n) is 8.25. The molecule has 0 aromatic carbocycles. The summed E-state index contributed by atoms with van der Waals surface area (Å²) in [6.07, 6.45) is 14.8.